The van der Waals surface area contributed by atoms with Crippen molar-refractivity contribution in [2.24, 2.45) is 5.18 Å². The Morgan fingerprint density at radius 3 is 2.45 bits per heavy atom. The van der Waals surface area contributed by atoms with E-state index in [-0.39, 0.29) is 19.6 Å². The average molecular weight is 301 g/mol. The van der Waals surface area contributed by atoms with E-state index in [1.807, 2.05) is 0 Å². The van der Waals surface area contributed by atoms with Gasteiger partial charge in [0.1, 0.15) is 11.8 Å². The molecule has 0 fully saturated rings. The van der Waals surface area contributed by atoms with Crippen LogP contribution < -0.4 is 4.74 Å². The molecule has 1 atom stereocenters. The van der Waals surface area contributed by atoms with E-state index in [0.29, 0.717) is 5.75 Å². The van der Waals surface area contributed by atoms with Gasteiger partial charge in [-0.3, -0.25) is 4.57 Å². The molecule has 1 rings (SSSR count). The molecule has 0 radical (unpaired) electrons. The van der Waals surface area contributed by atoms with E-state index < -0.39 is 13.6 Å². The van der Waals surface area contributed by atoms with Crippen LogP contribution in [0, 0.1) is 4.91 Å². The third kappa shape index (κ3) is 5.04. The summed E-state index contributed by atoms with van der Waals surface area (Å²) in [6, 6.07) is 6.48. The van der Waals surface area contributed by atoms with Crippen molar-refractivity contribution in [3.05, 3.63) is 34.7 Å². The summed E-state index contributed by atoms with van der Waals surface area (Å²) < 4.78 is 27.9. The van der Waals surface area contributed by atoms with Gasteiger partial charge in [0.2, 0.25) is 0 Å². The number of hydrogen-bond acceptors (Lipinski definition) is 6. The molecule has 7 heteroatoms. The number of nitrogens with zero attached hydrogens (tertiary/aromatic N) is 1. The van der Waals surface area contributed by atoms with Gasteiger partial charge in [0.05, 0.1) is 13.2 Å². The number of ether oxygens (including phenoxy) is 1. The Bertz CT molecular complexity index is 470. The van der Waals surface area contributed by atoms with E-state index in [9.17, 15) is 9.47 Å². The molecule has 20 heavy (non-hydrogen) atoms. The summed E-state index contributed by atoms with van der Waals surface area (Å²) in [4.78, 5) is 10.5. The lowest BCUT2D eigenvalue weighted by Gasteiger charge is -2.17. The summed E-state index contributed by atoms with van der Waals surface area (Å²) in [5.41, 5.74) is 0.736. The molecule has 112 valence electrons. The molecule has 1 aromatic carbocycles. The lowest BCUT2D eigenvalue weighted by Crippen LogP contribution is -2.06. The van der Waals surface area contributed by atoms with Gasteiger partial charge in [-0.15, -0.1) is 0 Å². The Morgan fingerprint density at radius 2 is 1.90 bits per heavy atom. The first-order chi connectivity index (χ1) is 9.54. The first-order valence-electron chi connectivity index (χ1n) is 6.48. The summed E-state index contributed by atoms with van der Waals surface area (Å²) in [6.45, 7) is 5.74. The van der Waals surface area contributed by atoms with E-state index in [4.69, 9.17) is 13.8 Å². The largest absolute Gasteiger partial charge is 0.481 e. The maximum absolute atomic E-state index is 12.2. The smallest absolute Gasteiger partial charge is 0.367 e. The molecular formula is C13H20NO5P. The van der Waals surface area contributed by atoms with Gasteiger partial charge < -0.3 is 13.8 Å². The fraction of sp³-hybridized carbons (Fsp3) is 0.538. The van der Waals surface area contributed by atoms with Crippen molar-refractivity contribution in [1.82, 2.24) is 0 Å². The van der Waals surface area contributed by atoms with Crippen LogP contribution in [0.15, 0.2) is 29.4 Å². The minimum Gasteiger partial charge on any atom is -0.481 e. The van der Waals surface area contributed by atoms with E-state index in [1.165, 1.54) is 0 Å². The summed E-state index contributed by atoms with van der Waals surface area (Å²) in [5.74, 6) is 0.498. The topological polar surface area (TPSA) is 74.2 Å². The predicted octanol–water partition coefficient (Wildman–Crippen LogP) is 4.12. The van der Waals surface area contributed by atoms with E-state index >= 15 is 0 Å². The highest BCUT2D eigenvalue weighted by atomic mass is 31.2. The van der Waals surface area contributed by atoms with Gasteiger partial charge in [0, 0.05) is 0 Å². The molecule has 1 aromatic rings. The van der Waals surface area contributed by atoms with Crippen LogP contribution in [-0.4, -0.2) is 19.6 Å². The van der Waals surface area contributed by atoms with Crippen molar-refractivity contribution in [1.29, 1.82) is 0 Å². The number of benzene rings is 1. The molecule has 0 bridgehead atoms. The third-order valence-electron chi connectivity index (χ3n) is 2.54. The summed E-state index contributed by atoms with van der Waals surface area (Å²) >= 11 is 0. The highest BCUT2D eigenvalue weighted by Gasteiger charge is 2.24. The Labute approximate surface area is 118 Å². The van der Waals surface area contributed by atoms with Crippen LogP contribution in [0.2, 0.25) is 0 Å². The Hall–Kier alpha value is -1.23. The standard InChI is InChI=1S/C13H20NO5P/c1-4-18-20(16,19-5-2)10-17-13-8-6-7-12(9-13)11(3)14-15/h6-9,11H,4-5,10H2,1-3H3. The molecule has 0 aliphatic heterocycles. The monoisotopic (exact) mass is 301 g/mol. The second-order valence-electron chi connectivity index (χ2n) is 4.07. The van der Waals surface area contributed by atoms with Crippen molar-refractivity contribution in [2.45, 2.75) is 26.8 Å². The van der Waals surface area contributed by atoms with Gasteiger partial charge in [-0.2, -0.15) is 4.91 Å². The zero-order valence-corrected chi connectivity index (χ0v) is 12.8. The summed E-state index contributed by atoms with van der Waals surface area (Å²) in [5, 5.41) is 2.96. The van der Waals surface area contributed by atoms with Crippen molar-refractivity contribution >= 4 is 7.60 Å². The maximum Gasteiger partial charge on any atom is 0.367 e. The highest BCUT2D eigenvalue weighted by Crippen LogP contribution is 2.47. The zero-order valence-electron chi connectivity index (χ0n) is 11.9. The van der Waals surface area contributed by atoms with Crippen LogP contribution in [0.3, 0.4) is 0 Å². The third-order valence-corrected chi connectivity index (χ3v) is 4.29. The van der Waals surface area contributed by atoms with E-state index in [1.54, 1.807) is 45.0 Å². The van der Waals surface area contributed by atoms with E-state index in [0.717, 1.165) is 5.56 Å². The lowest BCUT2D eigenvalue weighted by molar-refractivity contribution is 0.197. The van der Waals surface area contributed by atoms with Gasteiger partial charge >= 0.3 is 7.60 Å². The number of hydrogen-bond donors (Lipinski definition) is 0. The molecule has 0 saturated heterocycles. The Kier molecular flexibility index (Phi) is 6.85. The minimum atomic E-state index is -3.24. The van der Waals surface area contributed by atoms with Gasteiger partial charge in [0.25, 0.3) is 0 Å². The molecule has 0 aromatic heterocycles. The van der Waals surface area contributed by atoms with Gasteiger partial charge in [-0.1, -0.05) is 17.3 Å². The van der Waals surface area contributed by atoms with Crippen LogP contribution >= 0.6 is 7.60 Å². The lowest BCUT2D eigenvalue weighted by atomic mass is 10.1. The van der Waals surface area contributed by atoms with Gasteiger partial charge in [0.15, 0.2) is 6.35 Å². The zero-order chi connectivity index (χ0) is 15.0. The highest BCUT2D eigenvalue weighted by molar-refractivity contribution is 7.53. The van der Waals surface area contributed by atoms with Crippen LogP contribution in [0.25, 0.3) is 0 Å². The number of rotatable bonds is 9. The molecular weight excluding hydrogens is 281 g/mol. The first-order valence-corrected chi connectivity index (χ1v) is 8.20. The Balaban J connectivity index is 2.73. The summed E-state index contributed by atoms with van der Waals surface area (Å²) in [6.07, 6.45) is -0.166. The molecule has 1 unspecified atom stereocenters. The quantitative estimate of drug-likeness (QED) is 0.506. The molecule has 0 spiro atoms. The first kappa shape index (κ1) is 16.8. The van der Waals surface area contributed by atoms with Crippen LogP contribution in [0.1, 0.15) is 32.4 Å². The molecule has 0 aliphatic rings. The molecule has 0 N–H and O–H groups in total. The SMILES string of the molecule is CCOP(=O)(COc1cccc(C(C)N=O)c1)OCC. The van der Waals surface area contributed by atoms with Gasteiger partial charge in [-0.05, 0) is 38.5 Å². The van der Waals surface area contributed by atoms with Crippen LogP contribution in [0.5, 0.6) is 5.75 Å². The molecule has 0 amide bonds. The average Bonchev–Trinajstić information content (AvgIpc) is 2.45. The van der Waals surface area contributed by atoms with Gasteiger partial charge in [-0.25, -0.2) is 0 Å². The molecule has 0 heterocycles. The maximum atomic E-state index is 12.2. The molecule has 0 aliphatic carbocycles. The number of nitroso groups, excluding NO2 is 1. The summed E-state index contributed by atoms with van der Waals surface area (Å²) in [7, 11) is -3.24. The van der Waals surface area contributed by atoms with E-state index in [2.05, 4.69) is 5.18 Å². The second kappa shape index (κ2) is 8.15. The molecule has 0 saturated carbocycles. The van der Waals surface area contributed by atoms with Crippen LogP contribution in [0.4, 0.5) is 0 Å². The van der Waals surface area contributed by atoms with Crippen molar-refractivity contribution < 1.29 is 18.3 Å². The predicted molar refractivity (Wildman–Crippen MR) is 77.0 cm³/mol. The second-order valence-corrected chi connectivity index (χ2v) is 6.07. The molecule has 6 nitrogen and oxygen atoms in total. The normalized spacial score (nSPS) is 12.9. The van der Waals surface area contributed by atoms with Crippen molar-refractivity contribution in [2.75, 3.05) is 19.6 Å². The van der Waals surface area contributed by atoms with Crippen molar-refractivity contribution in [3.63, 3.8) is 0 Å². The Morgan fingerprint density at radius 1 is 1.25 bits per heavy atom. The minimum absolute atomic E-state index is 0.166. The fourth-order valence-electron chi connectivity index (χ4n) is 1.58. The fourth-order valence-corrected chi connectivity index (χ4v) is 2.90. The van der Waals surface area contributed by atoms with Crippen molar-refractivity contribution in [3.8, 4) is 5.75 Å². The van der Waals surface area contributed by atoms with Crippen LogP contribution in [-0.2, 0) is 13.6 Å².